The number of carbonyl (C=O) groups excluding carboxylic acids is 3. The van der Waals surface area contributed by atoms with E-state index in [0.717, 1.165) is 25.9 Å². The first kappa shape index (κ1) is 17.9. The highest BCUT2D eigenvalue weighted by Gasteiger charge is 2.21. The fraction of sp³-hybridized carbons (Fsp3) is 0.471. The molecule has 7 heteroatoms. The van der Waals surface area contributed by atoms with Gasteiger partial charge in [0.25, 0.3) is 5.91 Å². The molecule has 4 N–H and O–H groups in total. The fourth-order valence-electron chi connectivity index (χ4n) is 2.74. The Hall–Kier alpha value is -2.41. The number of nitrogens with one attached hydrogen (secondary N) is 2. The number of benzene rings is 1. The molecule has 0 aromatic heterocycles. The molecule has 0 spiro atoms. The number of likely N-dealkylation sites (tertiary alicyclic amines) is 1. The van der Waals surface area contributed by atoms with Crippen LogP contribution in [-0.4, -0.2) is 54.8 Å². The molecule has 1 fully saturated rings. The lowest BCUT2D eigenvalue weighted by atomic mass is 10.0. The van der Waals surface area contributed by atoms with Gasteiger partial charge in [-0.1, -0.05) is 18.2 Å². The van der Waals surface area contributed by atoms with E-state index in [9.17, 15) is 14.4 Å². The average molecular weight is 332 g/mol. The van der Waals surface area contributed by atoms with Crippen molar-refractivity contribution in [2.45, 2.75) is 25.3 Å². The Kier molecular flexibility index (Phi) is 6.74. The lowest BCUT2D eigenvalue weighted by molar-refractivity contribution is -0.123. The molecule has 24 heavy (non-hydrogen) atoms. The third kappa shape index (κ3) is 6.00. The van der Waals surface area contributed by atoms with Crippen molar-refractivity contribution < 1.29 is 14.4 Å². The summed E-state index contributed by atoms with van der Waals surface area (Å²) >= 11 is 0. The van der Waals surface area contributed by atoms with E-state index >= 15 is 0 Å². The van der Waals surface area contributed by atoms with Gasteiger partial charge in [-0.15, -0.1) is 0 Å². The number of piperidine rings is 1. The topological polar surface area (TPSA) is 105 Å². The number of carbonyl (C=O) groups is 3. The van der Waals surface area contributed by atoms with E-state index < -0.39 is 0 Å². The molecule has 0 aliphatic carbocycles. The van der Waals surface area contributed by atoms with Crippen molar-refractivity contribution in [2.75, 3.05) is 26.2 Å². The van der Waals surface area contributed by atoms with Crippen LogP contribution in [0.2, 0.25) is 0 Å². The summed E-state index contributed by atoms with van der Waals surface area (Å²) in [5.41, 5.74) is 5.76. The van der Waals surface area contributed by atoms with Crippen LogP contribution in [0.15, 0.2) is 30.3 Å². The molecule has 1 aromatic carbocycles. The molecule has 130 valence electrons. The molecule has 1 aliphatic rings. The predicted molar refractivity (Wildman–Crippen MR) is 90.2 cm³/mol. The summed E-state index contributed by atoms with van der Waals surface area (Å²) in [5.74, 6) is -0.577. The zero-order valence-corrected chi connectivity index (χ0v) is 13.7. The molecule has 1 saturated heterocycles. The van der Waals surface area contributed by atoms with E-state index in [1.165, 1.54) is 0 Å². The third-order valence-corrected chi connectivity index (χ3v) is 4.01. The number of hydrogen-bond acceptors (Lipinski definition) is 4. The second kappa shape index (κ2) is 9.02. The van der Waals surface area contributed by atoms with Crippen molar-refractivity contribution in [1.82, 2.24) is 15.5 Å². The predicted octanol–water partition coefficient (Wildman–Crippen LogP) is -0.128. The minimum atomic E-state index is -0.327. The number of hydrogen-bond donors (Lipinski definition) is 3. The molecule has 2 rings (SSSR count). The number of rotatable bonds is 7. The number of nitrogens with zero attached hydrogens (tertiary/aromatic N) is 1. The van der Waals surface area contributed by atoms with Crippen LogP contribution in [0.3, 0.4) is 0 Å². The van der Waals surface area contributed by atoms with Crippen molar-refractivity contribution in [3.8, 4) is 0 Å². The molecule has 0 unspecified atom stereocenters. The van der Waals surface area contributed by atoms with Crippen LogP contribution in [0.25, 0.3) is 0 Å². The summed E-state index contributed by atoms with van der Waals surface area (Å²) in [6.07, 6.45) is 1.85. The van der Waals surface area contributed by atoms with Gasteiger partial charge in [-0.25, -0.2) is 0 Å². The summed E-state index contributed by atoms with van der Waals surface area (Å²) in [7, 11) is 0. The molecule has 0 atom stereocenters. The van der Waals surface area contributed by atoms with Crippen LogP contribution in [0, 0.1) is 0 Å². The zero-order valence-electron chi connectivity index (χ0n) is 13.7. The van der Waals surface area contributed by atoms with Crippen molar-refractivity contribution in [2.24, 2.45) is 5.73 Å². The minimum Gasteiger partial charge on any atom is -0.369 e. The van der Waals surface area contributed by atoms with Gasteiger partial charge in [0.2, 0.25) is 11.8 Å². The van der Waals surface area contributed by atoms with E-state index in [1.54, 1.807) is 24.3 Å². The zero-order chi connectivity index (χ0) is 17.4. The van der Waals surface area contributed by atoms with E-state index in [1.807, 2.05) is 11.0 Å². The normalized spacial score (nSPS) is 15.7. The van der Waals surface area contributed by atoms with E-state index in [-0.39, 0.29) is 36.7 Å². The molecule has 1 aromatic rings. The van der Waals surface area contributed by atoms with Crippen molar-refractivity contribution in [3.05, 3.63) is 35.9 Å². The van der Waals surface area contributed by atoms with E-state index in [4.69, 9.17) is 5.73 Å². The first-order valence-corrected chi connectivity index (χ1v) is 8.18. The molecule has 1 heterocycles. The highest BCUT2D eigenvalue weighted by molar-refractivity contribution is 5.94. The Bertz CT molecular complexity index is 568. The van der Waals surface area contributed by atoms with Gasteiger partial charge in [0.15, 0.2) is 0 Å². The Morgan fingerprint density at radius 2 is 1.79 bits per heavy atom. The first-order valence-electron chi connectivity index (χ1n) is 8.18. The molecular weight excluding hydrogens is 308 g/mol. The van der Waals surface area contributed by atoms with Crippen LogP contribution in [0.5, 0.6) is 0 Å². The average Bonchev–Trinajstić information content (AvgIpc) is 2.57. The minimum absolute atomic E-state index is 0.0725. The summed E-state index contributed by atoms with van der Waals surface area (Å²) in [4.78, 5) is 36.7. The summed E-state index contributed by atoms with van der Waals surface area (Å²) in [6.45, 7) is 2.07. The fourth-order valence-corrected chi connectivity index (χ4v) is 2.74. The number of amides is 3. The van der Waals surface area contributed by atoms with Crippen molar-refractivity contribution in [1.29, 1.82) is 0 Å². The lowest BCUT2D eigenvalue weighted by Gasteiger charge is -2.31. The second-order valence-electron chi connectivity index (χ2n) is 5.96. The molecule has 0 saturated carbocycles. The van der Waals surface area contributed by atoms with Gasteiger partial charge in [0.1, 0.15) is 0 Å². The van der Waals surface area contributed by atoms with Gasteiger partial charge in [-0.05, 0) is 25.0 Å². The Balaban J connectivity index is 1.62. The first-order chi connectivity index (χ1) is 11.5. The molecule has 0 bridgehead atoms. The van der Waals surface area contributed by atoms with Gasteiger partial charge in [-0.3, -0.25) is 19.3 Å². The van der Waals surface area contributed by atoms with Crippen LogP contribution in [-0.2, 0) is 9.59 Å². The molecule has 1 aliphatic heterocycles. The van der Waals surface area contributed by atoms with Crippen molar-refractivity contribution >= 4 is 17.7 Å². The molecule has 7 nitrogen and oxygen atoms in total. The SMILES string of the molecule is NC(=O)CN1CCC(NC(=O)CCNC(=O)c2ccccc2)CC1. The maximum atomic E-state index is 11.9. The highest BCUT2D eigenvalue weighted by Crippen LogP contribution is 2.09. The molecular formula is C17H24N4O3. The van der Waals surface area contributed by atoms with Gasteiger partial charge in [0.05, 0.1) is 6.54 Å². The highest BCUT2D eigenvalue weighted by atomic mass is 16.2. The van der Waals surface area contributed by atoms with E-state index in [0.29, 0.717) is 12.1 Å². The van der Waals surface area contributed by atoms with Gasteiger partial charge >= 0.3 is 0 Å². The monoisotopic (exact) mass is 332 g/mol. The molecule has 0 radical (unpaired) electrons. The Morgan fingerprint density at radius 1 is 1.12 bits per heavy atom. The standard InChI is InChI=1S/C17H24N4O3/c18-15(22)12-21-10-7-14(8-11-21)20-16(23)6-9-19-17(24)13-4-2-1-3-5-13/h1-5,14H,6-12H2,(H2,18,22)(H,19,24)(H,20,23). The van der Waals surface area contributed by atoms with Crippen LogP contribution >= 0.6 is 0 Å². The maximum Gasteiger partial charge on any atom is 0.251 e. The maximum absolute atomic E-state index is 11.9. The smallest absolute Gasteiger partial charge is 0.251 e. The van der Waals surface area contributed by atoms with Gasteiger partial charge < -0.3 is 16.4 Å². The van der Waals surface area contributed by atoms with Crippen molar-refractivity contribution in [3.63, 3.8) is 0 Å². The quantitative estimate of drug-likeness (QED) is 0.647. The van der Waals surface area contributed by atoms with Gasteiger partial charge in [0, 0.05) is 37.7 Å². The van der Waals surface area contributed by atoms with Crippen LogP contribution < -0.4 is 16.4 Å². The van der Waals surface area contributed by atoms with Crippen LogP contribution in [0.4, 0.5) is 0 Å². The van der Waals surface area contributed by atoms with E-state index in [2.05, 4.69) is 10.6 Å². The number of nitrogens with two attached hydrogens (primary N) is 1. The summed E-state index contributed by atoms with van der Waals surface area (Å²) in [5, 5.41) is 5.71. The summed E-state index contributed by atoms with van der Waals surface area (Å²) in [6, 6.07) is 9.02. The number of primary amides is 1. The Morgan fingerprint density at radius 3 is 2.42 bits per heavy atom. The molecule has 3 amide bonds. The largest absolute Gasteiger partial charge is 0.369 e. The van der Waals surface area contributed by atoms with Crippen LogP contribution in [0.1, 0.15) is 29.6 Å². The second-order valence-corrected chi connectivity index (χ2v) is 5.96. The van der Waals surface area contributed by atoms with Gasteiger partial charge in [-0.2, -0.15) is 0 Å². The Labute approximate surface area is 141 Å². The lowest BCUT2D eigenvalue weighted by Crippen LogP contribution is -2.47. The third-order valence-electron chi connectivity index (χ3n) is 4.01. The summed E-state index contributed by atoms with van der Waals surface area (Å²) < 4.78 is 0.